The number of rotatable bonds is 21. The number of H-pyrrole nitrogens is 1. The second kappa shape index (κ2) is 23.0. The number of Topliss-reactive ketones (excluding diaryl/α,β-unsaturated/α-hetero) is 2. The molecule has 378 valence electrons. The van der Waals surface area contributed by atoms with Crippen molar-refractivity contribution in [1.29, 1.82) is 0 Å². The summed E-state index contributed by atoms with van der Waals surface area (Å²) in [4.78, 5) is 46.0. The van der Waals surface area contributed by atoms with Crippen molar-refractivity contribution in [1.82, 2.24) is 50.5 Å². The molecule has 8 aromatic rings. The lowest BCUT2D eigenvalue weighted by molar-refractivity contribution is -0.121. The van der Waals surface area contributed by atoms with Crippen LogP contribution in [0.1, 0.15) is 84.8 Å². The summed E-state index contributed by atoms with van der Waals surface area (Å²) in [6.07, 6.45) is 19.1. The van der Waals surface area contributed by atoms with Crippen LogP contribution >= 0.6 is 0 Å². The normalized spacial score (nSPS) is 17.0. The number of carbonyl (C=O) groups excluding carboxylic acids is 2. The van der Waals surface area contributed by atoms with Gasteiger partial charge in [0.25, 0.3) is 0 Å². The standard InChI is InChI=1S/C32H35N5O3.C27H27N5O2/c1-39-31-24(20-25(22-34-31)27-13-17-35-37(27)30-12-6-8-18-40-30)21-28(38)26(19-23-9-3-2-4-10-23)36-32(14-15-32)29-11-5-7-16-33-29;1-34-26-20(16-21(18-29-26)22-10-14-30-32-22)17-24(33)23(15-19-7-3-2-4-8-19)31-27(11-12-27)25-9-5-6-13-28-25/h2-5,7,9-11,13,16-17,20,22,26,30,36H,6,8,12,14-15,18-19,21H2,1H3;2-10,13-14,16,18,23,31H,11-12,15,17H2,1H3,(H,30,32)/t26-,30?;23-/m00/s1. The van der Waals surface area contributed by atoms with Gasteiger partial charge in [-0.1, -0.05) is 72.8 Å². The van der Waals surface area contributed by atoms with Crippen LogP contribution in [0.15, 0.2) is 159 Å². The summed E-state index contributed by atoms with van der Waals surface area (Å²) >= 11 is 0. The van der Waals surface area contributed by atoms with Gasteiger partial charge >= 0.3 is 0 Å². The highest BCUT2D eigenvalue weighted by molar-refractivity contribution is 5.88. The molecule has 3 aliphatic rings. The van der Waals surface area contributed by atoms with Crippen LogP contribution in [0.3, 0.4) is 0 Å². The average molecular weight is 991 g/mol. The van der Waals surface area contributed by atoms with E-state index in [4.69, 9.17) is 14.2 Å². The molecule has 15 nitrogen and oxygen atoms in total. The van der Waals surface area contributed by atoms with Crippen molar-refractivity contribution in [3.63, 3.8) is 0 Å². The summed E-state index contributed by atoms with van der Waals surface area (Å²) in [5.41, 5.74) is 8.69. The molecule has 74 heavy (non-hydrogen) atoms. The molecule has 0 spiro atoms. The minimum absolute atomic E-state index is 0.0902. The molecule has 0 bridgehead atoms. The van der Waals surface area contributed by atoms with Crippen LogP contribution in [-0.4, -0.2) is 84.4 Å². The van der Waals surface area contributed by atoms with Crippen molar-refractivity contribution in [3.8, 4) is 34.3 Å². The van der Waals surface area contributed by atoms with Gasteiger partial charge in [0, 0.05) is 78.9 Å². The lowest BCUT2D eigenvalue weighted by atomic mass is 9.95. The third kappa shape index (κ3) is 11.9. The van der Waals surface area contributed by atoms with Gasteiger partial charge < -0.3 is 14.2 Å². The molecular weight excluding hydrogens is 929 g/mol. The van der Waals surface area contributed by atoms with Crippen molar-refractivity contribution in [2.24, 2.45) is 0 Å². The van der Waals surface area contributed by atoms with E-state index in [9.17, 15) is 9.59 Å². The highest BCUT2D eigenvalue weighted by Gasteiger charge is 2.49. The Bertz CT molecular complexity index is 3090. The van der Waals surface area contributed by atoms with Crippen molar-refractivity contribution < 1.29 is 23.8 Å². The van der Waals surface area contributed by atoms with E-state index in [1.165, 1.54) is 0 Å². The average Bonchev–Trinajstić information content (AvgIpc) is 4.28. The van der Waals surface area contributed by atoms with Crippen LogP contribution in [0.2, 0.25) is 0 Å². The van der Waals surface area contributed by atoms with Crippen molar-refractivity contribution in [2.75, 3.05) is 20.8 Å². The zero-order valence-corrected chi connectivity index (χ0v) is 41.9. The van der Waals surface area contributed by atoms with Gasteiger partial charge in [-0.05, 0) is 117 Å². The number of methoxy groups -OCH3 is 2. The van der Waals surface area contributed by atoms with E-state index < -0.39 is 0 Å². The molecular formula is C59H62N10O5. The van der Waals surface area contributed by atoms with Gasteiger partial charge in [-0.2, -0.15) is 10.2 Å². The maximum atomic E-state index is 14.0. The fraction of sp³-hybridized carbons (Fsp3) is 0.322. The Balaban J connectivity index is 0.000000172. The van der Waals surface area contributed by atoms with E-state index in [0.29, 0.717) is 24.6 Å². The summed E-state index contributed by atoms with van der Waals surface area (Å²) < 4.78 is 19.0. The third-order valence-corrected chi connectivity index (χ3v) is 14.2. The molecule has 1 aliphatic heterocycles. The summed E-state index contributed by atoms with van der Waals surface area (Å²) in [5.74, 6) is 1.10. The summed E-state index contributed by atoms with van der Waals surface area (Å²) in [6.45, 7) is 0.736. The second-order valence-corrected chi connectivity index (χ2v) is 19.4. The van der Waals surface area contributed by atoms with Gasteiger partial charge in [0.05, 0.1) is 60.2 Å². The number of hydrogen-bond donors (Lipinski definition) is 3. The van der Waals surface area contributed by atoms with E-state index in [2.05, 4.69) is 70.1 Å². The largest absolute Gasteiger partial charge is 0.481 e. The van der Waals surface area contributed by atoms with E-state index in [-0.39, 0.29) is 53.8 Å². The van der Waals surface area contributed by atoms with Crippen LogP contribution in [-0.2, 0) is 51.1 Å². The predicted molar refractivity (Wildman–Crippen MR) is 281 cm³/mol. The number of aromatic nitrogens is 8. The topological polar surface area (TPSA) is 184 Å². The van der Waals surface area contributed by atoms with Crippen LogP contribution in [0.25, 0.3) is 22.5 Å². The molecule has 6 aromatic heterocycles. The van der Waals surface area contributed by atoms with Gasteiger partial charge in [0.2, 0.25) is 11.8 Å². The lowest BCUT2D eigenvalue weighted by Gasteiger charge is -2.25. The molecule has 11 rings (SSSR count). The lowest BCUT2D eigenvalue weighted by Crippen LogP contribution is -2.46. The molecule has 1 unspecified atom stereocenters. The van der Waals surface area contributed by atoms with Gasteiger partial charge in [-0.3, -0.25) is 35.3 Å². The number of nitrogens with zero attached hydrogens (tertiary/aromatic N) is 7. The highest BCUT2D eigenvalue weighted by atomic mass is 16.5. The zero-order valence-electron chi connectivity index (χ0n) is 41.9. The molecule has 0 amide bonds. The van der Waals surface area contributed by atoms with Crippen molar-refractivity contribution in [2.45, 2.75) is 100 Å². The minimum Gasteiger partial charge on any atom is -0.481 e. The number of pyridine rings is 4. The number of hydrogen-bond acceptors (Lipinski definition) is 13. The molecule has 3 fully saturated rings. The zero-order chi connectivity index (χ0) is 50.7. The Hall–Kier alpha value is -7.72. The van der Waals surface area contributed by atoms with Gasteiger partial charge in [0.1, 0.15) is 0 Å². The number of nitrogens with one attached hydrogen (secondary N) is 3. The van der Waals surface area contributed by atoms with E-state index in [1.54, 1.807) is 39.0 Å². The van der Waals surface area contributed by atoms with E-state index in [1.807, 2.05) is 114 Å². The van der Waals surface area contributed by atoms with Crippen LogP contribution in [0.4, 0.5) is 0 Å². The summed E-state index contributed by atoms with van der Waals surface area (Å²) in [6, 6.07) is 39.2. The SMILES string of the molecule is COc1ncc(-c2ccn[nH]2)cc1CC(=O)[C@H](Cc1ccccc1)NC1(c2ccccn2)CC1.COc1ncc(-c2ccnn2C2CCCCO2)cc1CC(=O)[C@H](Cc1ccccc1)NC1(c2ccccn2)CC1. The van der Waals surface area contributed by atoms with Crippen LogP contribution in [0.5, 0.6) is 11.8 Å². The number of benzene rings is 2. The smallest absolute Gasteiger partial charge is 0.216 e. The number of ether oxygens (including phenoxy) is 3. The molecule has 2 saturated carbocycles. The molecule has 1 saturated heterocycles. The van der Waals surface area contributed by atoms with Gasteiger partial charge in [-0.15, -0.1) is 0 Å². The molecule has 2 aromatic carbocycles. The Morgan fingerprint density at radius 3 is 1.66 bits per heavy atom. The van der Waals surface area contributed by atoms with E-state index >= 15 is 0 Å². The van der Waals surface area contributed by atoms with Crippen molar-refractivity contribution >= 4 is 11.6 Å². The number of ketones is 2. The fourth-order valence-electron chi connectivity index (χ4n) is 9.98. The summed E-state index contributed by atoms with van der Waals surface area (Å²) in [7, 11) is 3.17. The van der Waals surface area contributed by atoms with Crippen molar-refractivity contribution in [3.05, 3.63) is 192 Å². The Kier molecular flexibility index (Phi) is 15.5. The number of aromatic amines is 1. The van der Waals surface area contributed by atoms with Gasteiger partial charge in [-0.25, -0.2) is 14.6 Å². The molecule has 3 atom stereocenters. The first-order valence-corrected chi connectivity index (χ1v) is 25.5. The molecule has 7 heterocycles. The fourth-order valence-corrected chi connectivity index (χ4v) is 9.98. The first-order chi connectivity index (χ1) is 36.3. The predicted octanol–water partition coefficient (Wildman–Crippen LogP) is 8.93. The monoisotopic (exact) mass is 990 g/mol. The first-order valence-electron chi connectivity index (χ1n) is 25.5. The maximum Gasteiger partial charge on any atom is 0.216 e. The Labute approximate surface area is 431 Å². The van der Waals surface area contributed by atoms with Crippen LogP contribution < -0.4 is 20.1 Å². The summed E-state index contributed by atoms with van der Waals surface area (Å²) in [5, 5.41) is 18.9. The Morgan fingerprint density at radius 1 is 0.649 bits per heavy atom. The van der Waals surface area contributed by atoms with Crippen LogP contribution in [0, 0.1) is 0 Å². The van der Waals surface area contributed by atoms with E-state index in [0.717, 1.165) is 108 Å². The highest BCUT2D eigenvalue weighted by Crippen LogP contribution is 2.46. The first kappa shape index (κ1) is 49.8. The maximum absolute atomic E-state index is 14.0. The quantitative estimate of drug-likeness (QED) is 0.0621. The molecule has 15 heteroatoms. The second-order valence-electron chi connectivity index (χ2n) is 19.4. The third-order valence-electron chi connectivity index (χ3n) is 14.2. The Morgan fingerprint density at radius 2 is 1.19 bits per heavy atom. The number of carbonyl (C=O) groups is 2. The van der Waals surface area contributed by atoms with Gasteiger partial charge in [0.15, 0.2) is 17.8 Å². The molecule has 3 N–H and O–H groups in total. The molecule has 2 aliphatic carbocycles. The molecule has 0 radical (unpaired) electrons. The minimum atomic E-state index is -0.388.